The molecule has 1 aromatic rings. The fourth-order valence-corrected chi connectivity index (χ4v) is 0.964. The number of amidine groups is 1. The molecule has 5 N–H and O–H groups in total. The Morgan fingerprint density at radius 2 is 2.00 bits per heavy atom. The van der Waals surface area contributed by atoms with Gasteiger partial charge in [-0.15, -0.1) is 0 Å². The number of amides is 1. The molecule has 14 heavy (non-hydrogen) atoms. The first-order chi connectivity index (χ1) is 6.61. The largest absolute Gasteiger partial charge is 0.483 e. The van der Waals surface area contributed by atoms with Crippen LogP contribution in [0.1, 0.15) is 5.56 Å². The highest BCUT2D eigenvalue weighted by Crippen LogP contribution is 2.16. The standard InChI is InChI=1S/C9H11N3O2/c10-8(13)5-14-7-4-2-1-3-6(7)9(11)12/h1-4H,5H2,(H2,10,13)(H3,11,12). The van der Waals surface area contributed by atoms with Crippen LogP contribution >= 0.6 is 0 Å². The number of para-hydroxylation sites is 1. The van der Waals surface area contributed by atoms with Crippen LogP contribution in [-0.4, -0.2) is 18.3 Å². The van der Waals surface area contributed by atoms with Crippen molar-refractivity contribution in [1.29, 1.82) is 5.41 Å². The molecule has 0 saturated heterocycles. The van der Waals surface area contributed by atoms with Crippen molar-refractivity contribution in [3.63, 3.8) is 0 Å². The molecule has 0 aliphatic rings. The Kier molecular flexibility index (Phi) is 3.06. The summed E-state index contributed by atoms with van der Waals surface area (Å²) in [6.07, 6.45) is 0. The van der Waals surface area contributed by atoms with E-state index in [4.69, 9.17) is 21.6 Å². The van der Waals surface area contributed by atoms with E-state index in [1.807, 2.05) is 0 Å². The van der Waals surface area contributed by atoms with E-state index in [9.17, 15) is 4.79 Å². The molecule has 0 bridgehead atoms. The topological polar surface area (TPSA) is 102 Å². The molecule has 0 saturated carbocycles. The van der Waals surface area contributed by atoms with Gasteiger partial charge in [0.2, 0.25) is 0 Å². The third kappa shape index (κ3) is 2.48. The van der Waals surface area contributed by atoms with Gasteiger partial charge in [-0.1, -0.05) is 12.1 Å². The van der Waals surface area contributed by atoms with Crippen molar-refractivity contribution in [1.82, 2.24) is 0 Å². The zero-order chi connectivity index (χ0) is 10.6. The van der Waals surface area contributed by atoms with Crippen molar-refractivity contribution in [2.24, 2.45) is 11.5 Å². The number of hydrogen-bond acceptors (Lipinski definition) is 3. The van der Waals surface area contributed by atoms with Gasteiger partial charge in [0.1, 0.15) is 11.6 Å². The molecule has 1 aromatic carbocycles. The van der Waals surface area contributed by atoms with E-state index < -0.39 is 5.91 Å². The van der Waals surface area contributed by atoms with Crippen molar-refractivity contribution in [3.05, 3.63) is 29.8 Å². The lowest BCUT2D eigenvalue weighted by atomic mass is 10.2. The summed E-state index contributed by atoms with van der Waals surface area (Å²) in [5.74, 6) is -0.285. The molecular weight excluding hydrogens is 182 g/mol. The second-order valence-corrected chi connectivity index (χ2v) is 2.66. The van der Waals surface area contributed by atoms with Gasteiger partial charge in [-0.05, 0) is 12.1 Å². The third-order valence-electron chi connectivity index (χ3n) is 1.55. The molecule has 0 spiro atoms. The van der Waals surface area contributed by atoms with Crippen LogP contribution in [0, 0.1) is 5.41 Å². The van der Waals surface area contributed by atoms with Gasteiger partial charge in [0.25, 0.3) is 5.91 Å². The number of nitrogens with one attached hydrogen (secondary N) is 1. The van der Waals surface area contributed by atoms with Crippen LogP contribution in [0.5, 0.6) is 5.75 Å². The van der Waals surface area contributed by atoms with E-state index in [-0.39, 0.29) is 12.4 Å². The average molecular weight is 193 g/mol. The smallest absolute Gasteiger partial charge is 0.255 e. The minimum absolute atomic E-state index is 0.106. The van der Waals surface area contributed by atoms with Crippen molar-refractivity contribution in [3.8, 4) is 5.75 Å². The number of benzene rings is 1. The molecule has 0 atom stereocenters. The lowest BCUT2D eigenvalue weighted by Crippen LogP contribution is -2.21. The Bertz CT molecular complexity index is 363. The molecule has 5 heteroatoms. The molecule has 0 heterocycles. The van der Waals surface area contributed by atoms with Gasteiger partial charge in [0, 0.05) is 0 Å². The highest BCUT2D eigenvalue weighted by Gasteiger charge is 2.05. The summed E-state index contributed by atoms with van der Waals surface area (Å²) in [7, 11) is 0. The van der Waals surface area contributed by atoms with Gasteiger partial charge in [0.05, 0.1) is 5.56 Å². The number of carbonyl (C=O) groups excluding carboxylic acids is 1. The first-order valence-electron chi connectivity index (χ1n) is 3.96. The lowest BCUT2D eigenvalue weighted by Gasteiger charge is -2.08. The van der Waals surface area contributed by atoms with Crippen LogP contribution in [0.25, 0.3) is 0 Å². The second-order valence-electron chi connectivity index (χ2n) is 2.66. The zero-order valence-electron chi connectivity index (χ0n) is 7.49. The van der Waals surface area contributed by atoms with Crippen molar-refractivity contribution < 1.29 is 9.53 Å². The quantitative estimate of drug-likeness (QED) is 0.457. The first-order valence-corrected chi connectivity index (χ1v) is 3.96. The number of ether oxygens (including phenoxy) is 1. The Hall–Kier alpha value is -2.04. The third-order valence-corrected chi connectivity index (χ3v) is 1.55. The molecular formula is C9H11N3O2. The maximum absolute atomic E-state index is 10.5. The second kappa shape index (κ2) is 4.27. The van der Waals surface area contributed by atoms with Gasteiger partial charge in [0.15, 0.2) is 6.61 Å². The maximum atomic E-state index is 10.5. The van der Waals surface area contributed by atoms with Crippen LogP contribution in [-0.2, 0) is 4.79 Å². The van der Waals surface area contributed by atoms with Gasteiger partial charge < -0.3 is 16.2 Å². The summed E-state index contributed by atoms with van der Waals surface area (Å²) < 4.78 is 5.06. The van der Waals surface area contributed by atoms with Crippen LogP contribution < -0.4 is 16.2 Å². The van der Waals surface area contributed by atoms with Crippen molar-refractivity contribution in [2.75, 3.05) is 6.61 Å². The average Bonchev–Trinajstić information content (AvgIpc) is 2.15. The molecule has 5 nitrogen and oxygen atoms in total. The van der Waals surface area contributed by atoms with Crippen molar-refractivity contribution in [2.45, 2.75) is 0 Å². The van der Waals surface area contributed by atoms with Crippen LogP contribution in [0.2, 0.25) is 0 Å². The van der Waals surface area contributed by atoms with Gasteiger partial charge in [-0.25, -0.2) is 0 Å². The van der Waals surface area contributed by atoms with Crippen LogP contribution in [0.15, 0.2) is 24.3 Å². The SMILES string of the molecule is N=C(N)c1ccccc1OCC(N)=O. The van der Waals surface area contributed by atoms with Crippen LogP contribution in [0.4, 0.5) is 0 Å². The molecule has 1 rings (SSSR count). The summed E-state index contributed by atoms with van der Waals surface area (Å²) >= 11 is 0. The molecule has 1 amide bonds. The Morgan fingerprint density at radius 1 is 1.36 bits per heavy atom. The van der Waals surface area contributed by atoms with E-state index in [1.165, 1.54) is 0 Å². The fourth-order valence-electron chi connectivity index (χ4n) is 0.964. The number of primary amides is 1. The van der Waals surface area contributed by atoms with Gasteiger partial charge >= 0.3 is 0 Å². The summed E-state index contributed by atoms with van der Waals surface area (Å²) in [4.78, 5) is 10.5. The monoisotopic (exact) mass is 193 g/mol. The Morgan fingerprint density at radius 3 is 2.57 bits per heavy atom. The summed E-state index contributed by atoms with van der Waals surface area (Å²) in [5, 5.41) is 7.24. The molecule has 0 unspecified atom stereocenters. The molecule has 74 valence electrons. The van der Waals surface area contributed by atoms with E-state index in [2.05, 4.69) is 0 Å². The Labute approximate surface area is 81.2 Å². The molecule has 0 aliphatic heterocycles. The fraction of sp³-hybridized carbons (Fsp3) is 0.111. The minimum Gasteiger partial charge on any atom is -0.483 e. The predicted molar refractivity (Wildman–Crippen MR) is 52.1 cm³/mol. The number of nitrogens with two attached hydrogens (primary N) is 2. The highest BCUT2D eigenvalue weighted by atomic mass is 16.5. The molecule has 0 fully saturated rings. The van der Waals surface area contributed by atoms with Crippen LogP contribution in [0.3, 0.4) is 0 Å². The van der Waals surface area contributed by atoms with Crippen molar-refractivity contribution >= 4 is 11.7 Å². The number of nitrogen functional groups attached to an aromatic ring is 1. The summed E-state index contributed by atoms with van der Waals surface area (Å²) in [5.41, 5.74) is 10.7. The van der Waals surface area contributed by atoms with E-state index >= 15 is 0 Å². The molecule has 0 aromatic heterocycles. The predicted octanol–water partition coefficient (Wildman–Crippen LogP) is -0.165. The minimum atomic E-state index is -0.566. The lowest BCUT2D eigenvalue weighted by molar-refractivity contribution is -0.119. The number of rotatable bonds is 4. The first kappa shape index (κ1) is 10.0. The molecule has 0 radical (unpaired) electrons. The highest BCUT2D eigenvalue weighted by molar-refractivity contribution is 5.97. The number of carbonyl (C=O) groups is 1. The zero-order valence-corrected chi connectivity index (χ0v) is 7.49. The van der Waals surface area contributed by atoms with E-state index in [1.54, 1.807) is 24.3 Å². The Balaban J connectivity index is 2.84. The summed E-state index contributed by atoms with van der Waals surface area (Å²) in [6, 6.07) is 6.72. The van der Waals surface area contributed by atoms with Gasteiger partial charge in [-0.3, -0.25) is 10.2 Å². The molecule has 0 aliphatic carbocycles. The number of hydrogen-bond donors (Lipinski definition) is 3. The normalized spacial score (nSPS) is 9.43. The van der Waals surface area contributed by atoms with Gasteiger partial charge in [-0.2, -0.15) is 0 Å². The van der Waals surface area contributed by atoms with E-state index in [0.29, 0.717) is 11.3 Å². The summed E-state index contributed by atoms with van der Waals surface area (Å²) in [6.45, 7) is -0.218. The van der Waals surface area contributed by atoms with E-state index in [0.717, 1.165) is 0 Å². The maximum Gasteiger partial charge on any atom is 0.255 e.